The van der Waals surface area contributed by atoms with Gasteiger partial charge in [-0.15, -0.1) is 0 Å². The minimum Gasteiger partial charge on any atom is -0.465 e. The number of carboxylic acid groups (broad SMARTS) is 1. The van der Waals surface area contributed by atoms with Crippen LogP contribution in [0.5, 0.6) is 0 Å². The Kier molecular flexibility index (Phi) is 4.15. The quantitative estimate of drug-likeness (QED) is 0.710. The molecule has 1 fully saturated rings. The van der Waals surface area contributed by atoms with Gasteiger partial charge in [-0.1, -0.05) is 0 Å². The normalized spacial score (nSPS) is 23.6. The molecule has 2 atom stereocenters. The van der Waals surface area contributed by atoms with Crippen LogP contribution < -0.4 is 5.32 Å². The third kappa shape index (κ3) is 3.90. The lowest BCUT2D eigenvalue weighted by Crippen LogP contribution is -2.43. The van der Waals surface area contributed by atoms with Gasteiger partial charge in [0.2, 0.25) is 0 Å². The number of nitrogens with one attached hydrogen (secondary N) is 1. The highest BCUT2D eigenvalue weighted by Gasteiger charge is 2.36. The van der Waals surface area contributed by atoms with Crippen molar-refractivity contribution in [2.45, 2.75) is 32.4 Å². The predicted molar refractivity (Wildman–Crippen MR) is 62.3 cm³/mol. The molecule has 2 unspecified atom stereocenters. The zero-order chi connectivity index (χ0) is 13.9. The maximum absolute atomic E-state index is 11.5. The van der Waals surface area contributed by atoms with Crippen molar-refractivity contribution in [2.75, 3.05) is 13.1 Å². The first-order valence-corrected chi connectivity index (χ1v) is 5.65. The average Bonchev–Trinajstić information content (AvgIpc) is 2.57. The Balaban J connectivity index is 2.58. The predicted octanol–water partition coefficient (Wildman–Crippen LogP) is 0.688. The highest BCUT2D eigenvalue weighted by Crippen LogP contribution is 2.16. The van der Waals surface area contributed by atoms with Crippen molar-refractivity contribution in [2.24, 2.45) is 5.92 Å². The number of aldehydes is 1. The van der Waals surface area contributed by atoms with E-state index in [4.69, 9.17) is 9.84 Å². The van der Waals surface area contributed by atoms with Gasteiger partial charge < -0.3 is 24.9 Å². The van der Waals surface area contributed by atoms with Crippen molar-refractivity contribution in [1.82, 2.24) is 10.2 Å². The molecule has 18 heavy (non-hydrogen) atoms. The number of likely N-dealkylation sites (tertiary alicyclic amines) is 1. The first-order chi connectivity index (χ1) is 8.23. The summed E-state index contributed by atoms with van der Waals surface area (Å²) in [6.07, 6.45) is -1.09. The van der Waals surface area contributed by atoms with Gasteiger partial charge in [-0.25, -0.2) is 9.59 Å². The zero-order valence-corrected chi connectivity index (χ0v) is 10.7. The number of carbonyl (C=O) groups is 3. The maximum Gasteiger partial charge on any atom is 0.407 e. The first kappa shape index (κ1) is 14.3. The van der Waals surface area contributed by atoms with Gasteiger partial charge in [0.05, 0.1) is 12.0 Å². The van der Waals surface area contributed by atoms with E-state index in [1.165, 1.54) is 0 Å². The molecule has 0 aliphatic carbocycles. The molecule has 0 aromatic carbocycles. The third-order valence-electron chi connectivity index (χ3n) is 2.51. The Morgan fingerprint density at radius 2 is 2.00 bits per heavy atom. The minimum absolute atomic E-state index is 0.0952. The molecule has 7 nitrogen and oxygen atoms in total. The first-order valence-electron chi connectivity index (χ1n) is 5.65. The number of carbonyl (C=O) groups excluding carboxylic acids is 2. The number of hydrogen-bond acceptors (Lipinski definition) is 4. The smallest absolute Gasteiger partial charge is 0.407 e. The van der Waals surface area contributed by atoms with Crippen LogP contribution in [-0.2, 0) is 9.53 Å². The minimum atomic E-state index is -1.10. The summed E-state index contributed by atoms with van der Waals surface area (Å²) in [7, 11) is 0. The summed E-state index contributed by atoms with van der Waals surface area (Å²) in [5.41, 5.74) is -0.633. The topological polar surface area (TPSA) is 95.9 Å². The van der Waals surface area contributed by atoms with Crippen LogP contribution in [0.4, 0.5) is 9.59 Å². The van der Waals surface area contributed by atoms with E-state index in [0.717, 1.165) is 4.90 Å². The largest absolute Gasteiger partial charge is 0.465 e. The molecule has 0 bridgehead atoms. The molecule has 7 heteroatoms. The standard InChI is InChI=1S/C11H18N2O5/c1-11(2,3)18-9(15)12-8-5-13(10(16)17)4-7(8)6-14/h6-8H,4-5H2,1-3H3,(H,12,15)(H,16,17). The SMILES string of the molecule is CC(C)(C)OC(=O)NC1CN(C(=O)O)CC1C=O. The molecule has 2 amide bonds. The number of alkyl carbamates (subject to hydrolysis) is 1. The van der Waals surface area contributed by atoms with Crippen molar-refractivity contribution >= 4 is 18.5 Å². The van der Waals surface area contributed by atoms with Gasteiger partial charge in [0.25, 0.3) is 0 Å². The zero-order valence-electron chi connectivity index (χ0n) is 10.7. The van der Waals surface area contributed by atoms with E-state index in [2.05, 4.69) is 5.32 Å². The van der Waals surface area contributed by atoms with Gasteiger partial charge >= 0.3 is 12.2 Å². The van der Waals surface area contributed by atoms with E-state index < -0.39 is 29.7 Å². The molecule has 0 aromatic heterocycles. The van der Waals surface area contributed by atoms with Gasteiger partial charge in [-0.2, -0.15) is 0 Å². The molecule has 102 valence electrons. The summed E-state index contributed by atoms with van der Waals surface area (Å²) in [5, 5.41) is 11.4. The Morgan fingerprint density at radius 1 is 1.39 bits per heavy atom. The second kappa shape index (κ2) is 5.24. The number of nitrogens with zero attached hydrogens (tertiary/aromatic N) is 1. The molecule has 1 aliphatic heterocycles. The van der Waals surface area contributed by atoms with Gasteiger partial charge in [0, 0.05) is 13.1 Å². The lowest BCUT2D eigenvalue weighted by molar-refractivity contribution is -0.111. The van der Waals surface area contributed by atoms with Gasteiger partial charge in [0.1, 0.15) is 11.9 Å². The lowest BCUT2D eigenvalue weighted by atomic mass is 10.1. The van der Waals surface area contributed by atoms with Crippen molar-refractivity contribution in [3.8, 4) is 0 Å². The monoisotopic (exact) mass is 258 g/mol. The summed E-state index contributed by atoms with van der Waals surface area (Å²) in [6.45, 7) is 5.36. The second-order valence-corrected chi connectivity index (χ2v) is 5.24. The van der Waals surface area contributed by atoms with Gasteiger partial charge in [0.15, 0.2) is 0 Å². The number of ether oxygens (including phenoxy) is 1. The maximum atomic E-state index is 11.5. The highest BCUT2D eigenvalue weighted by molar-refractivity contribution is 5.71. The molecule has 1 aliphatic rings. The molecule has 0 spiro atoms. The Morgan fingerprint density at radius 3 is 2.44 bits per heavy atom. The van der Waals surface area contributed by atoms with Crippen molar-refractivity contribution < 1.29 is 24.2 Å². The molecule has 2 N–H and O–H groups in total. The highest BCUT2D eigenvalue weighted by atomic mass is 16.6. The lowest BCUT2D eigenvalue weighted by Gasteiger charge is -2.22. The van der Waals surface area contributed by atoms with Crippen LogP contribution >= 0.6 is 0 Å². The van der Waals surface area contributed by atoms with E-state index >= 15 is 0 Å². The van der Waals surface area contributed by atoms with Crippen LogP contribution in [0.1, 0.15) is 20.8 Å². The van der Waals surface area contributed by atoms with E-state index in [0.29, 0.717) is 6.29 Å². The molecular weight excluding hydrogens is 240 g/mol. The summed E-state index contributed by atoms with van der Waals surface area (Å²) >= 11 is 0. The van der Waals surface area contributed by atoms with E-state index in [1.807, 2.05) is 0 Å². The molecular formula is C11H18N2O5. The van der Waals surface area contributed by atoms with Gasteiger partial charge in [-0.3, -0.25) is 0 Å². The Hall–Kier alpha value is -1.79. The van der Waals surface area contributed by atoms with E-state index in [9.17, 15) is 14.4 Å². The van der Waals surface area contributed by atoms with Crippen LogP contribution in [0.3, 0.4) is 0 Å². The second-order valence-electron chi connectivity index (χ2n) is 5.24. The fourth-order valence-electron chi connectivity index (χ4n) is 1.73. The number of rotatable bonds is 2. The van der Waals surface area contributed by atoms with Crippen molar-refractivity contribution in [3.63, 3.8) is 0 Å². The third-order valence-corrected chi connectivity index (χ3v) is 2.51. The van der Waals surface area contributed by atoms with Crippen molar-refractivity contribution in [3.05, 3.63) is 0 Å². The molecule has 1 saturated heterocycles. The van der Waals surface area contributed by atoms with E-state index in [1.54, 1.807) is 20.8 Å². The molecule has 0 radical (unpaired) electrons. The average molecular weight is 258 g/mol. The Bertz CT molecular complexity index is 350. The Labute approximate surface area is 105 Å². The number of hydrogen-bond donors (Lipinski definition) is 2. The van der Waals surface area contributed by atoms with Crippen molar-refractivity contribution in [1.29, 1.82) is 0 Å². The van der Waals surface area contributed by atoms with Crippen LogP contribution in [0.25, 0.3) is 0 Å². The molecule has 1 heterocycles. The van der Waals surface area contributed by atoms with Crippen LogP contribution in [0, 0.1) is 5.92 Å². The molecule has 0 aromatic rings. The summed E-state index contributed by atoms with van der Waals surface area (Å²) in [6, 6.07) is -0.534. The number of amides is 2. The van der Waals surface area contributed by atoms with Gasteiger partial charge in [-0.05, 0) is 20.8 Å². The fraction of sp³-hybridized carbons (Fsp3) is 0.727. The molecule has 1 rings (SSSR count). The van der Waals surface area contributed by atoms with E-state index in [-0.39, 0.29) is 13.1 Å². The van der Waals surface area contributed by atoms with Crippen LogP contribution in [-0.4, -0.2) is 53.2 Å². The summed E-state index contributed by atoms with van der Waals surface area (Å²) in [5.74, 6) is -0.534. The fourth-order valence-corrected chi connectivity index (χ4v) is 1.73. The molecule has 0 saturated carbocycles. The van der Waals surface area contributed by atoms with Crippen LogP contribution in [0.2, 0.25) is 0 Å². The van der Waals surface area contributed by atoms with Crippen LogP contribution in [0.15, 0.2) is 0 Å². The summed E-state index contributed by atoms with van der Waals surface area (Å²) in [4.78, 5) is 34.3. The summed E-state index contributed by atoms with van der Waals surface area (Å²) < 4.78 is 5.06.